The van der Waals surface area contributed by atoms with Crippen LogP contribution in [0.3, 0.4) is 0 Å². The maximum atomic E-state index is 12.1. The molecule has 5 heteroatoms. The molecule has 18 heavy (non-hydrogen) atoms. The Labute approximate surface area is 105 Å². The summed E-state index contributed by atoms with van der Waals surface area (Å²) in [5.74, 6) is 5.27. The molecule has 2 nitrogen and oxygen atoms in total. The van der Waals surface area contributed by atoms with Crippen LogP contribution >= 0.6 is 0 Å². The van der Waals surface area contributed by atoms with Crippen molar-refractivity contribution in [3.63, 3.8) is 0 Å². The Morgan fingerprint density at radius 3 is 2.28 bits per heavy atom. The van der Waals surface area contributed by atoms with E-state index in [-0.39, 0.29) is 12.5 Å². The zero-order chi connectivity index (χ0) is 13.6. The van der Waals surface area contributed by atoms with Crippen molar-refractivity contribution in [1.82, 2.24) is 5.43 Å². The largest absolute Gasteiger partial charge is 0.389 e. The van der Waals surface area contributed by atoms with Crippen LogP contribution in [0, 0.1) is 6.92 Å². The first kappa shape index (κ1) is 15.0. The van der Waals surface area contributed by atoms with Gasteiger partial charge in [-0.2, -0.15) is 13.2 Å². The number of alkyl halides is 3. The number of halogens is 3. The minimum absolute atomic E-state index is 0.0197. The second kappa shape index (κ2) is 6.75. The van der Waals surface area contributed by atoms with Gasteiger partial charge in [0.1, 0.15) is 0 Å². The number of hydrogen-bond donors (Lipinski definition) is 2. The van der Waals surface area contributed by atoms with Crippen molar-refractivity contribution in [1.29, 1.82) is 0 Å². The van der Waals surface area contributed by atoms with Crippen LogP contribution < -0.4 is 11.3 Å². The van der Waals surface area contributed by atoms with Crippen LogP contribution in [0.5, 0.6) is 0 Å². The van der Waals surface area contributed by atoms with Crippen molar-refractivity contribution in [2.24, 2.45) is 5.84 Å². The maximum Gasteiger partial charge on any atom is 0.389 e. The van der Waals surface area contributed by atoms with Crippen LogP contribution in [-0.2, 0) is 6.42 Å². The fourth-order valence-electron chi connectivity index (χ4n) is 1.74. The lowest BCUT2D eigenvalue weighted by atomic mass is 10.0. The Hall–Kier alpha value is -1.07. The second-order valence-electron chi connectivity index (χ2n) is 4.54. The van der Waals surface area contributed by atoms with E-state index in [2.05, 4.69) is 5.43 Å². The Balaban J connectivity index is 2.37. The molecular weight excluding hydrogens is 241 g/mol. The van der Waals surface area contributed by atoms with E-state index in [1.54, 1.807) is 0 Å². The molecule has 1 unspecified atom stereocenters. The number of aryl methyl sites for hydroxylation is 2. The summed E-state index contributed by atoms with van der Waals surface area (Å²) in [6.45, 7) is 2.00. The van der Waals surface area contributed by atoms with E-state index in [4.69, 9.17) is 5.84 Å². The fraction of sp³-hybridized carbons (Fsp3) is 0.538. The summed E-state index contributed by atoms with van der Waals surface area (Å²) >= 11 is 0. The standard InChI is InChI=1S/C13H19F3N2/c1-10-2-4-11(5-3-10)6-7-12(18-17)8-9-13(14,15)16/h2-5,12,18H,6-9,17H2,1H3. The van der Waals surface area contributed by atoms with Gasteiger partial charge in [0.15, 0.2) is 0 Å². The Morgan fingerprint density at radius 1 is 1.17 bits per heavy atom. The highest BCUT2D eigenvalue weighted by Crippen LogP contribution is 2.23. The fourth-order valence-corrected chi connectivity index (χ4v) is 1.74. The molecule has 0 aliphatic rings. The third-order valence-corrected chi connectivity index (χ3v) is 2.91. The van der Waals surface area contributed by atoms with Gasteiger partial charge in [0, 0.05) is 12.5 Å². The van der Waals surface area contributed by atoms with Crippen LogP contribution in [-0.4, -0.2) is 12.2 Å². The monoisotopic (exact) mass is 260 g/mol. The van der Waals surface area contributed by atoms with E-state index in [9.17, 15) is 13.2 Å². The zero-order valence-corrected chi connectivity index (χ0v) is 10.4. The van der Waals surface area contributed by atoms with E-state index in [1.165, 1.54) is 5.56 Å². The SMILES string of the molecule is Cc1ccc(CCC(CCC(F)(F)F)NN)cc1. The lowest BCUT2D eigenvalue weighted by molar-refractivity contribution is -0.136. The van der Waals surface area contributed by atoms with Crippen molar-refractivity contribution >= 4 is 0 Å². The predicted octanol–water partition coefficient (Wildman–Crippen LogP) is 3.10. The first-order valence-electron chi connectivity index (χ1n) is 5.99. The summed E-state index contributed by atoms with van der Waals surface area (Å²) in [5, 5.41) is 0. The normalized spacial score (nSPS) is 13.6. The average molecular weight is 260 g/mol. The van der Waals surface area contributed by atoms with Crippen LogP contribution in [0.2, 0.25) is 0 Å². The third-order valence-electron chi connectivity index (χ3n) is 2.91. The van der Waals surface area contributed by atoms with E-state index in [0.29, 0.717) is 6.42 Å². The first-order chi connectivity index (χ1) is 8.40. The van der Waals surface area contributed by atoms with E-state index >= 15 is 0 Å². The highest BCUT2D eigenvalue weighted by atomic mass is 19.4. The van der Waals surface area contributed by atoms with Gasteiger partial charge >= 0.3 is 6.18 Å². The van der Waals surface area contributed by atoms with Crippen LogP contribution in [0.4, 0.5) is 13.2 Å². The zero-order valence-electron chi connectivity index (χ0n) is 10.4. The number of nitrogens with one attached hydrogen (secondary N) is 1. The van der Waals surface area contributed by atoms with Gasteiger partial charge in [0.2, 0.25) is 0 Å². The van der Waals surface area contributed by atoms with Gasteiger partial charge in [-0.3, -0.25) is 11.3 Å². The average Bonchev–Trinajstić information content (AvgIpc) is 2.30. The topological polar surface area (TPSA) is 38.0 Å². The first-order valence-corrected chi connectivity index (χ1v) is 5.99. The Bertz CT molecular complexity index is 346. The summed E-state index contributed by atoms with van der Waals surface area (Å²) in [6.07, 6.45) is -3.55. The molecule has 0 spiro atoms. The lowest BCUT2D eigenvalue weighted by Crippen LogP contribution is -2.36. The highest BCUT2D eigenvalue weighted by Gasteiger charge is 2.27. The van der Waals surface area contributed by atoms with Crippen molar-refractivity contribution < 1.29 is 13.2 Å². The molecule has 0 saturated carbocycles. The van der Waals surface area contributed by atoms with Gasteiger partial charge < -0.3 is 0 Å². The minimum atomic E-state index is -4.11. The number of nitrogens with two attached hydrogens (primary N) is 1. The summed E-state index contributed by atoms with van der Waals surface area (Å²) < 4.78 is 36.3. The quantitative estimate of drug-likeness (QED) is 0.609. The molecule has 0 aliphatic heterocycles. The van der Waals surface area contributed by atoms with Gasteiger partial charge in [0.05, 0.1) is 0 Å². The molecule has 0 fully saturated rings. The molecule has 1 aromatic rings. The third kappa shape index (κ3) is 6.02. The minimum Gasteiger partial charge on any atom is -0.271 e. The number of benzene rings is 1. The number of rotatable bonds is 6. The molecule has 1 aromatic carbocycles. The molecule has 0 aromatic heterocycles. The molecule has 102 valence electrons. The Kier molecular flexibility index (Phi) is 5.62. The van der Waals surface area contributed by atoms with Gasteiger partial charge in [-0.25, -0.2) is 0 Å². The molecule has 0 radical (unpaired) electrons. The Morgan fingerprint density at radius 2 is 1.78 bits per heavy atom. The van der Waals surface area contributed by atoms with Crippen LogP contribution in [0.15, 0.2) is 24.3 Å². The number of hydrogen-bond acceptors (Lipinski definition) is 2. The molecule has 3 N–H and O–H groups in total. The highest BCUT2D eigenvalue weighted by molar-refractivity contribution is 5.21. The van der Waals surface area contributed by atoms with Crippen molar-refractivity contribution in [3.05, 3.63) is 35.4 Å². The van der Waals surface area contributed by atoms with E-state index in [1.807, 2.05) is 31.2 Å². The molecule has 0 saturated heterocycles. The molecule has 1 atom stereocenters. The van der Waals surface area contributed by atoms with Gasteiger partial charge in [-0.05, 0) is 31.7 Å². The summed E-state index contributed by atoms with van der Waals surface area (Å²) in [4.78, 5) is 0. The lowest BCUT2D eigenvalue weighted by Gasteiger charge is -2.16. The molecule has 0 bridgehead atoms. The van der Waals surface area contributed by atoms with Crippen molar-refractivity contribution in [2.45, 2.75) is 44.8 Å². The molecule has 0 amide bonds. The maximum absolute atomic E-state index is 12.1. The number of hydrazine groups is 1. The molecule has 1 rings (SSSR count). The molecular formula is C13H19F3N2. The van der Waals surface area contributed by atoms with Crippen LogP contribution in [0.25, 0.3) is 0 Å². The predicted molar refractivity (Wildman–Crippen MR) is 65.9 cm³/mol. The smallest absolute Gasteiger partial charge is 0.271 e. The molecule has 0 heterocycles. The van der Waals surface area contributed by atoms with Gasteiger partial charge in [-0.1, -0.05) is 29.8 Å². The second-order valence-corrected chi connectivity index (χ2v) is 4.54. The van der Waals surface area contributed by atoms with Gasteiger partial charge in [0.25, 0.3) is 0 Å². The summed E-state index contributed by atoms with van der Waals surface area (Å²) in [7, 11) is 0. The van der Waals surface area contributed by atoms with Gasteiger partial charge in [-0.15, -0.1) is 0 Å². The van der Waals surface area contributed by atoms with E-state index in [0.717, 1.165) is 12.0 Å². The molecule has 0 aliphatic carbocycles. The summed E-state index contributed by atoms with van der Waals surface area (Å²) in [6, 6.07) is 7.68. The van der Waals surface area contributed by atoms with Crippen molar-refractivity contribution in [2.75, 3.05) is 0 Å². The van der Waals surface area contributed by atoms with Crippen molar-refractivity contribution in [3.8, 4) is 0 Å². The van der Waals surface area contributed by atoms with E-state index < -0.39 is 12.6 Å². The van der Waals surface area contributed by atoms with Crippen LogP contribution in [0.1, 0.15) is 30.4 Å². The summed E-state index contributed by atoms with van der Waals surface area (Å²) in [5.41, 5.74) is 4.75.